The first-order chi connectivity index (χ1) is 16.6. The standard InChI is InChI=1S/C25H22Br3N3O4/c1-14(6-11-22(32)31-21-5-3-2-4-20(21)29)24(18-12-16(27)13-19(28)23(18)33)35-25(34)30-17-9-7-15(26)8-10-17/h2-14,24,33H,29H2,1H3,(H,30,34)(H,31,32)/b11-6+/t14-,24+/m1/s1. The van der Waals surface area contributed by atoms with E-state index in [2.05, 4.69) is 58.4 Å². The van der Waals surface area contributed by atoms with E-state index in [9.17, 15) is 14.7 Å². The molecule has 3 aromatic carbocycles. The highest BCUT2D eigenvalue weighted by atomic mass is 79.9. The van der Waals surface area contributed by atoms with Crippen molar-refractivity contribution >= 4 is 76.9 Å². The van der Waals surface area contributed by atoms with Crippen LogP contribution in [0.25, 0.3) is 0 Å². The topological polar surface area (TPSA) is 114 Å². The average Bonchev–Trinajstić information content (AvgIpc) is 2.81. The predicted octanol–water partition coefficient (Wildman–Crippen LogP) is 7.38. The van der Waals surface area contributed by atoms with Gasteiger partial charge in [0.25, 0.3) is 0 Å². The number of phenols is 1. The maximum atomic E-state index is 12.7. The van der Waals surface area contributed by atoms with E-state index >= 15 is 0 Å². The van der Waals surface area contributed by atoms with Crippen molar-refractivity contribution in [3.8, 4) is 5.75 Å². The van der Waals surface area contributed by atoms with Crippen LogP contribution < -0.4 is 16.4 Å². The van der Waals surface area contributed by atoms with E-state index in [4.69, 9.17) is 10.5 Å². The molecule has 0 saturated carbocycles. The van der Waals surface area contributed by atoms with Crippen LogP contribution in [0.1, 0.15) is 18.6 Å². The van der Waals surface area contributed by atoms with E-state index in [-0.39, 0.29) is 5.75 Å². The number of nitrogens with two attached hydrogens (primary N) is 1. The van der Waals surface area contributed by atoms with Crippen LogP contribution in [-0.2, 0) is 9.53 Å². The van der Waals surface area contributed by atoms with E-state index in [1.165, 1.54) is 6.08 Å². The van der Waals surface area contributed by atoms with Gasteiger partial charge in [-0.1, -0.05) is 57.0 Å². The molecule has 0 spiro atoms. The minimum absolute atomic E-state index is 0.0728. The van der Waals surface area contributed by atoms with E-state index in [0.717, 1.165) is 4.47 Å². The molecule has 182 valence electrons. The van der Waals surface area contributed by atoms with Gasteiger partial charge in [-0.05, 0) is 70.5 Å². The maximum Gasteiger partial charge on any atom is 0.412 e. The van der Waals surface area contributed by atoms with Crippen molar-refractivity contribution in [1.29, 1.82) is 0 Å². The van der Waals surface area contributed by atoms with E-state index in [1.807, 2.05) is 0 Å². The van der Waals surface area contributed by atoms with Gasteiger partial charge in [0.15, 0.2) is 0 Å². The third-order valence-electron chi connectivity index (χ3n) is 4.94. The molecule has 0 radical (unpaired) electrons. The van der Waals surface area contributed by atoms with Gasteiger partial charge in [-0.15, -0.1) is 0 Å². The molecule has 2 amide bonds. The second-order valence-corrected chi connectivity index (χ2v) is 10.3. The lowest BCUT2D eigenvalue weighted by Gasteiger charge is -2.24. The normalized spacial score (nSPS) is 12.7. The van der Waals surface area contributed by atoms with Gasteiger partial charge in [-0.3, -0.25) is 10.1 Å². The highest BCUT2D eigenvalue weighted by Crippen LogP contribution is 2.40. The Bertz CT molecular complexity index is 1250. The van der Waals surface area contributed by atoms with Crippen LogP contribution in [0, 0.1) is 5.92 Å². The van der Waals surface area contributed by atoms with Crippen LogP contribution >= 0.6 is 47.8 Å². The number of hydrogen-bond donors (Lipinski definition) is 4. The summed E-state index contributed by atoms with van der Waals surface area (Å²) in [4.78, 5) is 25.2. The molecule has 3 rings (SSSR count). The van der Waals surface area contributed by atoms with Gasteiger partial charge < -0.3 is 20.9 Å². The summed E-state index contributed by atoms with van der Waals surface area (Å²) in [6.07, 6.45) is 1.31. The number of benzene rings is 3. The number of carbonyl (C=O) groups excluding carboxylic acids is 2. The fourth-order valence-corrected chi connectivity index (χ4v) is 4.70. The Morgan fingerprint density at radius 1 is 1.00 bits per heavy atom. The van der Waals surface area contributed by atoms with Crippen molar-refractivity contribution in [3.05, 3.63) is 91.8 Å². The van der Waals surface area contributed by atoms with Crippen molar-refractivity contribution in [2.45, 2.75) is 13.0 Å². The highest BCUT2D eigenvalue weighted by molar-refractivity contribution is 9.11. The van der Waals surface area contributed by atoms with Gasteiger partial charge in [0.1, 0.15) is 11.9 Å². The van der Waals surface area contributed by atoms with E-state index < -0.39 is 24.0 Å². The lowest BCUT2D eigenvalue weighted by molar-refractivity contribution is -0.111. The van der Waals surface area contributed by atoms with Crippen LogP contribution in [0.4, 0.5) is 21.9 Å². The van der Waals surface area contributed by atoms with E-state index in [0.29, 0.717) is 31.6 Å². The lowest BCUT2D eigenvalue weighted by Crippen LogP contribution is -2.21. The monoisotopic (exact) mass is 665 g/mol. The molecule has 5 N–H and O–H groups in total. The van der Waals surface area contributed by atoms with Crippen molar-refractivity contribution < 1.29 is 19.4 Å². The van der Waals surface area contributed by atoms with E-state index in [1.54, 1.807) is 73.7 Å². The number of amides is 2. The zero-order valence-corrected chi connectivity index (χ0v) is 23.2. The molecule has 0 bridgehead atoms. The number of para-hydroxylation sites is 2. The van der Waals surface area contributed by atoms with Gasteiger partial charge >= 0.3 is 6.09 Å². The van der Waals surface area contributed by atoms with Gasteiger partial charge in [-0.25, -0.2) is 4.79 Å². The molecule has 2 atom stereocenters. The number of ether oxygens (including phenoxy) is 1. The first kappa shape index (κ1) is 26.8. The SMILES string of the molecule is C[C@H](/C=C/C(=O)Nc1ccccc1N)[C@H](OC(=O)Nc1ccc(Br)cc1)c1cc(Br)cc(Br)c1O. The lowest BCUT2D eigenvalue weighted by atomic mass is 9.96. The summed E-state index contributed by atoms with van der Waals surface area (Å²) in [6, 6.07) is 17.3. The molecule has 10 heteroatoms. The first-order valence-electron chi connectivity index (χ1n) is 10.4. The number of carbonyl (C=O) groups is 2. The quantitative estimate of drug-likeness (QED) is 0.155. The minimum atomic E-state index is -0.912. The van der Waals surface area contributed by atoms with Crippen molar-refractivity contribution in [1.82, 2.24) is 0 Å². The molecule has 0 aliphatic heterocycles. The van der Waals surface area contributed by atoms with Crippen molar-refractivity contribution in [2.24, 2.45) is 5.92 Å². The first-order valence-corrected chi connectivity index (χ1v) is 12.8. The largest absolute Gasteiger partial charge is 0.506 e. The van der Waals surface area contributed by atoms with Crippen LogP contribution in [0.15, 0.2) is 86.2 Å². The number of halogens is 3. The average molecular weight is 668 g/mol. The number of aromatic hydroxyl groups is 1. The second kappa shape index (κ2) is 12.2. The Kier molecular flexibility index (Phi) is 9.36. The maximum absolute atomic E-state index is 12.7. The summed E-state index contributed by atoms with van der Waals surface area (Å²) < 4.78 is 7.70. The number of rotatable bonds is 7. The molecule has 0 unspecified atom stereocenters. The Hall–Kier alpha value is -2.82. The molecule has 0 heterocycles. The molecule has 3 aromatic rings. The Balaban J connectivity index is 1.82. The molecule has 0 aromatic heterocycles. The molecule has 0 aliphatic carbocycles. The number of anilines is 3. The van der Waals surface area contributed by atoms with Gasteiger partial charge in [0.2, 0.25) is 5.91 Å². The molecule has 0 saturated heterocycles. The Morgan fingerprint density at radius 3 is 2.37 bits per heavy atom. The summed E-state index contributed by atoms with van der Waals surface area (Å²) in [5.74, 6) is -0.958. The van der Waals surface area contributed by atoms with Crippen LogP contribution in [-0.4, -0.2) is 17.1 Å². The van der Waals surface area contributed by atoms with Gasteiger partial charge in [0, 0.05) is 26.1 Å². The Labute approximate surface area is 228 Å². The number of hydrogen-bond acceptors (Lipinski definition) is 5. The van der Waals surface area contributed by atoms with Crippen LogP contribution in [0.5, 0.6) is 5.75 Å². The minimum Gasteiger partial charge on any atom is -0.506 e. The fraction of sp³-hybridized carbons (Fsp3) is 0.120. The summed E-state index contributed by atoms with van der Waals surface area (Å²) in [7, 11) is 0. The summed E-state index contributed by atoms with van der Waals surface area (Å²) >= 11 is 10.1. The van der Waals surface area contributed by atoms with Gasteiger partial charge in [-0.2, -0.15) is 0 Å². The summed E-state index contributed by atoms with van der Waals surface area (Å²) in [6.45, 7) is 1.77. The number of nitrogen functional groups attached to an aromatic ring is 1. The molecule has 7 nitrogen and oxygen atoms in total. The fourth-order valence-electron chi connectivity index (χ4n) is 3.18. The second-order valence-electron chi connectivity index (χ2n) is 7.58. The third-order valence-corrected chi connectivity index (χ3v) is 6.53. The summed E-state index contributed by atoms with van der Waals surface area (Å²) in [5.41, 5.74) is 7.71. The zero-order valence-electron chi connectivity index (χ0n) is 18.5. The summed E-state index contributed by atoms with van der Waals surface area (Å²) in [5, 5.41) is 16.1. The molecular formula is C25H22Br3N3O4. The van der Waals surface area contributed by atoms with Crippen LogP contribution in [0.2, 0.25) is 0 Å². The predicted molar refractivity (Wildman–Crippen MR) is 148 cm³/mol. The molecular weight excluding hydrogens is 646 g/mol. The highest BCUT2D eigenvalue weighted by Gasteiger charge is 2.27. The zero-order chi connectivity index (χ0) is 25.5. The van der Waals surface area contributed by atoms with Crippen LogP contribution in [0.3, 0.4) is 0 Å². The molecule has 35 heavy (non-hydrogen) atoms. The van der Waals surface area contributed by atoms with Crippen molar-refractivity contribution in [3.63, 3.8) is 0 Å². The van der Waals surface area contributed by atoms with Gasteiger partial charge in [0.05, 0.1) is 15.8 Å². The molecule has 0 aliphatic rings. The third kappa shape index (κ3) is 7.58. The smallest absolute Gasteiger partial charge is 0.412 e. The number of nitrogens with one attached hydrogen (secondary N) is 2. The molecule has 0 fully saturated rings. The number of phenolic OH excluding ortho intramolecular Hbond substituents is 1. The van der Waals surface area contributed by atoms with Crippen molar-refractivity contribution in [2.75, 3.05) is 16.4 Å². The Morgan fingerprint density at radius 2 is 1.69 bits per heavy atom.